The number of rotatable bonds is 7. The van der Waals surface area contributed by atoms with Gasteiger partial charge in [0.25, 0.3) is 5.91 Å². The van der Waals surface area contributed by atoms with Gasteiger partial charge in [-0.25, -0.2) is 5.43 Å². The van der Waals surface area contributed by atoms with Gasteiger partial charge in [-0.15, -0.1) is 0 Å². The molecule has 0 bridgehead atoms. The van der Waals surface area contributed by atoms with Crippen LogP contribution in [0.2, 0.25) is 10.0 Å². The van der Waals surface area contributed by atoms with E-state index in [4.69, 9.17) is 27.9 Å². The van der Waals surface area contributed by atoms with E-state index in [0.29, 0.717) is 21.5 Å². The third-order valence-electron chi connectivity index (χ3n) is 5.12. The van der Waals surface area contributed by atoms with Crippen LogP contribution in [0.5, 0.6) is 5.75 Å². The predicted molar refractivity (Wildman–Crippen MR) is 124 cm³/mol. The van der Waals surface area contributed by atoms with Gasteiger partial charge in [-0.2, -0.15) is 5.10 Å². The molecule has 1 aliphatic rings. The molecule has 6 nitrogen and oxygen atoms in total. The molecule has 1 aliphatic carbocycles. The van der Waals surface area contributed by atoms with E-state index < -0.39 is 5.91 Å². The smallest absolute Gasteiger partial charge is 0.277 e. The van der Waals surface area contributed by atoms with Crippen molar-refractivity contribution in [1.82, 2.24) is 5.43 Å². The minimum absolute atomic E-state index is 0.0674. The fourth-order valence-electron chi connectivity index (χ4n) is 3.41. The molecular weight excluding hydrogens is 437 g/mol. The van der Waals surface area contributed by atoms with Crippen molar-refractivity contribution >= 4 is 46.4 Å². The van der Waals surface area contributed by atoms with E-state index >= 15 is 0 Å². The molecule has 0 saturated heterocycles. The first kappa shape index (κ1) is 23.1. The molecule has 2 aromatic rings. The zero-order chi connectivity index (χ0) is 22.2. The van der Waals surface area contributed by atoms with Gasteiger partial charge in [-0.1, -0.05) is 54.6 Å². The first-order valence-electron chi connectivity index (χ1n) is 10.2. The lowest BCUT2D eigenvalue weighted by Gasteiger charge is -2.20. The van der Waals surface area contributed by atoms with Gasteiger partial charge in [0.2, 0.25) is 5.91 Å². The Morgan fingerprint density at radius 2 is 1.87 bits per heavy atom. The van der Waals surface area contributed by atoms with Crippen LogP contribution in [0.4, 0.5) is 5.69 Å². The summed E-state index contributed by atoms with van der Waals surface area (Å²) >= 11 is 11.9. The summed E-state index contributed by atoms with van der Waals surface area (Å²) in [6, 6.07) is 12.2. The number of benzene rings is 2. The molecular formula is C23H25Cl2N3O3. The number of hydrogen-bond donors (Lipinski definition) is 2. The van der Waals surface area contributed by atoms with Crippen molar-refractivity contribution < 1.29 is 14.3 Å². The van der Waals surface area contributed by atoms with Crippen LogP contribution in [0.25, 0.3) is 0 Å². The first-order valence-corrected chi connectivity index (χ1v) is 11.0. The monoisotopic (exact) mass is 461 g/mol. The summed E-state index contributed by atoms with van der Waals surface area (Å²) in [5.74, 6) is 0.0915. The van der Waals surface area contributed by atoms with Gasteiger partial charge in [0.15, 0.2) is 6.61 Å². The molecule has 0 atom stereocenters. The van der Waals surface area contributed by atoms with Crippen LogP contribution in [0, 0.1) is 5.92 Å². The van der Waals surface area contributed by atoms with Gasteiger partial charge in [-0.05, 0) is 55.7 Å². The fraction of sp³-hybridized carbons (Fsp3) is 0.348. The van der Waals surface area contributed by atoms with E-state index in [9.17, 15) is 9.59 Å². The summed E-state index contributed by atoms with van der Waals surface area (Å²) in [7, 11) is 0. The second-order valence-corrected chi connectivity index (χ2v) is 8.34. The standard InChI is InChI=1S/C23H25Cl2N3O3/c1-15(27-28-22(29)14-31-21-11-10-18(24)13-20(21)25)17-8-5-9-19(12-17)26-23(30)16-6-3-2-4-7-16/h5,8-13,16H,2-4,6-7,14H2,1H3,(H,26,30)(H,28,29)/b27-15+. The van der Waals surface area contributed by atoms with Crippen molar-refractivity contribution in [2.24, 2.45) is 11.0 Å². The van der Waals surface area contributed by atoms with Crippen molar-refractivity contribution in [3.63, 3.8) is 0 Å². The summed E-state index contributed by atoms with van der Waals surface area (Å²) in [6.45, 7) is 1.54. The van der Waals surface area contributed by atoms with Crippen molar-refractivity contribution in [1.29, 1.82) is 0 Å². The van der Waals surface area contributed by atoms with Gasteiger partial charge < -0.3 is 10.1 Å². The van der Waals surface area contributed by atoms with E-state index in [-0.39, 0.29) is 18.4 Å². The van der Waals surface area contributed by atoms with Crippen LogP contribution in [0.1, 0.15) is 44.6 Å². The minimum atomic E-state index is -0.424. The van der Waals surface area contributed by atoms with Crippen molar-refractivity contribution in [2.45, 2.75) is 39.0 Å². The number of hydrazone groups is 1. The normalized spacial score (nSPS) is 14.7. The van der Waals surface area contributed by atoms with Crippen LogP contribution in [0.15, 0.2) is 47.6 Å². The second kappa shape index (κ2) is 11.2. The molecule has 164 valence electrons. The van der Waals surface area contributed by atoms with Gasteiger partial charge in [0.05, 0.1) is 10.7 Å². The Bertz CT molecular complexity index is 972. The third-order valence-corrected chi connectivity index (χ3v) is 5.66. The average Bonchev–Trinajstić information content (AvgIpc) is 2.77. The summed E-state index contributed by atoms with van der Waals surface area (Å²) < 4.78 is 5.39. The number of carbonyl (C=O) groups excluding carboxylic acids is 2. The van der Waals surface area contributed by atoms with Crippen LogP contribution in [-0.4, -0.2) is 24.1 Å². The van der Waals surface area contributed by atoms with E-state index in [1.54, 1.807) is 25.1 Å². The Balaban J connectivity index is 1.53. The SMILES string of the molecule is C/C(=N\NC(=O)COc1ccc(Cl)cc1Cl)c1cccc(NC(=O)C2CCCCC2)c1. The molecule has 2 N–H and O–H groups in total. The summed E-state index contributed by atoms with van der Waals surface area (Å²) in [6.07, 6.45) is 5.32. The number of hydrogen-bond acceptors (Lipinski definition) is 4. The molecule has 0 heterocycles. The van der Waals surface area contributed by atoms with E-state index in [1.807, 2.05) is 24.3 Å². The molecule has 0 aliphatic heterocycles. The molecule has 31 heavy (non-hydrogen) atoms. The molecule has 8 heteroatoms. The van der Waals surface area contributed by atoms with Crippen LogP contribution in [-0.2, 0) is 9.59 Å². The quantitative estimate of drug-likeness (QED) is 0.425. The minimum Gasteiger partial charge on any atom is -0.482 e. The predicted octanol–water partition coefficient (Wildman–Crippen LogP) is 5.43. The van der Waals surface area contributed by atoms with Crippen molar-refractivity contribution in [3.05, 3.63) is 58.1 Å². The topological polar surface area (TPSA) is 79.8 Å². The molecule has 2 amide bonds. The summed E-state index contributed by atoms with van der Waals surface area (Å²) in [4.78, 5) is 24.5. The Labute approximate surface area is 192 Å². The molecule has 2 aromatic carbocycles. The number of halogens is 2. The molecule has 0 unspecified atom stereocenters. The number of ether oxygens (including phenoxy) is 1. The average molecular weight is 462 g/mol. The van der Waals surface area contributed by atoms with Crippen molar-refractivity contribution in [3.8, 4) is 5.75 Å². The maximum Gasteiger partial charge on any atom is 0.277 e. The van der Waals surface area contributed by atoms with Gasteiger partial charge in [0.1, 0.15) is 5.75 Å². The summed E-state index contributed by atoms with van der Waals surface area (Å²) in [5.41, 5.74) is 4.58. The van der Waals surface area contributed by atoms with Gasteiger partial charge in [0, 0.05) is 16.6 Å². The number of nitrogens with zero attached hydrogens (tertiary/aromatic N) is 1. The molecule has 0 aromatic heterocycles. The van der Waals surface area contributed by atoms with Crippen LogP contribution in [0.3, 0.4) is 0 Å². The Kier molecular flexibility index (Phi) is 8.32. The Morgan fingerprint density at radius 1 is 1.10 bits per heavy atom. The lowest BCUT2D eigenvalue weighted by atomic mass is 9.88. The number of nitrogens with one attached hydrogen (secondary N) is 2. The largest absolute Gasteiger partial charge is 0.482 e. The Hall–Kier alpha value is -2.57. The third kappa shape index (κ3) is 6.97. The Morgan fingerprint density at radius 3 is 2.61 bits per heavy atom. The van der Waals surface area contributed by atoms with Gasteiger partial charge >= 0.3 is 0 Å². The van der Waals surface area contributed by atoms with Crippen molar-refractivity contribution in [2.75, 3.05) is 11.9 Å². The highest BCUT2D eigenvalue weighted by Gasteiger charge is 2.21. The molecule has 1 fully saturated rings. The lowest BCUT2D eigenvalue weighted by molar-refractivity contribution is -0.123. The first-order chi connectivity index (χ1) is 14.9. The fourth-order valence-corrected chi connectivity index (χ4v) is 3.87. The van der Waals surface area contributed by atoms with E-state index in [2.05, 4.69) is 15.8 Å². The van der Waals surface area contributed by atoms with E-state index in [0.717, 1.165) is 36.9 Å². The summed E-state index contributed by atoms with van der Waals surface area (Å²) in [5, 5.41) is 7.93. The highest BCUT2D eigenvalue weighted by atomic mass is 35.5. The zero-order valence-electron chi connectivity index (χ0n) is 17.3. The highest BCUT2D eigenvalue weighted by molar-refractivity contribution is 6.35. The maximum absolute atomic E-state index is 12.5. The molecule has 0 spiro atoms. The molecule has 3 rings (SSSR count). The number of carbonyl (C=O) groups is 2. The highest BCUT2D eigenvalue weighted by Crippen LogP contribution is 2.27. The van der Waals surface area contributed by atoms with Crippen LogP contribution >= 0.6 is 23.2 Å². The van der Waals surface area contributed by atoms with E-state index in [1.165, 1.54) is 6.42 Å². The maximum atomic E-state index is 12.5. The molecule has 0 radical (unpaired) electrons. The zero-order valence-corrected chi connectivity index (χ0v) is 18.8. The second-order valence-electron chi connectivity index (χ2n) is 7.50. The molecule has 1 saturated carbocycles. The number of amides is 2. The van der Waals surface area contributed by atoms with Gasteiger partial charge in [-0.3, -0.25) is 9.59 Å². The lowest BCUT2D eigenvalue weighted by Crippen LogP contribution is -2.26. The van der Waals surface area contributed by atoms with Crippen LogP contribution < -0.4 is 15.5 Å². The number of anilines is 1.